The first-order chi connectivity index (χ1) is 12.5. The highest BCUT2D eigenvalue weighted by molar-refractivity contribution is 5.91. The van der Waals surface area contributed by atoms with E-state index in [-0.39, 0.29) is 0 Å². The Morgan fingerprint density at radius 1 is 1.00 bits per heavy atom. The second-order valence-corrected chi connectivity index (χ2v) is 6.23. The van der Waals surface area contributed by atoms with Gasteiger partial charge in [0.1, 0.15) is 23.6 Å². The number of aryl methyl sites for hydroxylation is 2. The van der Waals surface area contributed by atoms with Crippen molar-refractivity contribution < 1.29 is 17.9 Å². The summed E-state index contributed by atoms with van der Waals surface area (Å²) in [5, 5.41) is 1.76. The lowest BCUT2D eigenvalue weighted by atomic mass is 10.1. The number of fused-ring (bicyclic) bond motifs is 2. The Hall–Kier alpha value is -2.95. The number of halogens is 2. The van der Waals surface area contributed by atoms with Crippen LogP contribution < -0.4 is 4.74 Å². The second kappa shape index (κ2) is 6.41. The summed E-state index contributed by atoms with van der Waals surface area (Å²) in [7, 11) is 0. The van der Waals surface area contributed by atoms with Gasteiger partial charge in [-0.1, -0.05) is 24.3 Å². The number of furan rings is 1. The smallest absolute Gasteiger partial charge is 0.272 e. The van der Waals surface area contributed by atoms with E-state index in [4.69, 9.17) is 14.1 Å². The number of rotatable bonds is 4. The van der Waals surface area contributed by atoms with E-state index < -0.39 is 13.0 Å². The van der Waals surface area contributed by atoms with Crippen LogP contribution in [-0.2, 0) is 0 Å². The zero-order valence-electron chi connectivity index (χ0n) is 14.4. The van der Waals surface area contributed by atoms with Crippen LogP contribution in [0.1, 0.15) is 11.1 Å². The van der Waals surface area contributed by atoms with Crippen molar-refractivity contribution in [2.24, 2.45) is 0 Å². The SMILES string of the molecule is Cc1c(-c2ccc3c(OCC(F)F)ccc(C)c3n2)oc2ccccc12. The van der Waals surface area contributed by atoms with Gasteiger partial charge in [0, 0.05) is 16.3 Å². The van der Waals surface area contributed by atoms with Crippen LogP contribution in [0.15, 0.2) is 52.9 Å². The molecule has 0 atom stereocenters. The fourth-order valence-electron chi connectivity index (χ4n) is 3.15. The van der Waals surface area contributed by atoms with E-state index in [0.717, 1.165) is 22.1 Å². The molecule has 0 fully saturated rings. The van der Waals surface area contributed by atoms with E-state index in [1.54, 1.807) is 6.07 Å². The van der Waals surface area contributed by atoms with Gasteiger partial charge in [-0.2, -0.15) is 0 Å². The fraction of sp³-hybridized carbons (Fsp3) is 0.190. The number of benzene rings is 2. The van der Waals surface area contributed by atoms with E-state index in [1.807, 2.05) is 56.3 Å². The van der Waals surface area contributed by atoms with Gasteiger partial charge in [-0.25, -0.2) is 13.8 Å². The first-order valence-corrected chi connectivity index (χ1v) is 8.34. The molecule has 0 radical (unpaired) electrons. The van der Waals surface area contributed by atoms with Crippen LogP contribution in [0.2, 0.25) is 0 Å². The molecular weight excluding hydrogens is 336 g/mol. The van der Waals surface area contributed by atoms with Crippen molar-refractivity contribution in [3.05, 3.63) is 59.7 Å². The van der Waals surface area contributed by atoms with Gasteiger partial charge in [0.05, 0.1) is 5.52 Å². The summed E-state index contributed by atoms with van der Waals surface area (Å²) in [5.41, 5.74) is 4.21. The van der Waals surface area contributed by atoms with E-state index in [1.165, 1.54) is 0 Å². The van der Waals surface area contributed by atoms with Gasteiger partial charge in [0.15, 0.2) is 5.76 Å². The van der Waals surface area contributed by atoms with Crippen LogP contribution in [0, 0.1) is 13.8 Å². The molecule has 0 aliphatic heterocycles. The van der Waals surface area contributed by atoms with Crippen molar-refractivity contribution in [3.8, 4) is 17.2 Å². The van der Waals surface area contributed by atoms with Crippen LogP contribution in [0.5, 0.6) is 5.75 Å². The molecule has 0 saturated heterocycles. The molecule has 0 N–H and O–H groups in total. The van der Waals surface area contributed by atoms with Crippen LogP contribution in [0.4, 0.5) is 8.78 Å². The Kier molecular flexibility index (Phi) is 4.07. The van der Waals surface area contributed by atoms with Gasteiger partial charge >= 0.3 is 0 Å². The van der Waals surface area contributed by atoms with Crippen LogP contribution in [0.25, 0.3) is 33.3 Å². The lowest BCUT2D eigenvalue weighted by Gasteiger charge is -2.11. The normalized spacial score (nSPS) is 11.6. The summed E-state index contributed by atoms with van der Waals surface area (Å²) < 4.78 is 36.2. The van der Waals surface area contributed by atoms with Crippen molar-refractivity contribution in [2.75, 3.05) is 6.61 Å². The van der Waals surface area contributed by atoms with Crippen LogP contribution in [0.3, 0.4) is 0 Å². The Bertz CT molecular complexity index is 1100. The molecule has 0 saturated carbocycles. The molecule has 0 aliphatic rings. The van der Waals surface area contributed by atoms with Crippen molar-refractivity contribution in [1.29, 1.82) is 0 Å². The Balaban J connectivity index is 1.84. The molecule has 5 heteroatoms. The average Bonchev–Trinajstić information content (AvgIpc) is 2.98. The predicted octanol–water partition coefficient (Wildman–Crippen LogP) is 5.91. The largest absolute Gasteiger partial charge is 0.487 e. The van der Waals surface area contributed by atoms with Gasteiger partial charge < -0.3 is 9.15 Å². The number of hydrogen-bond acceptors (Lipinski definition) is 3. The van der Waals surface area contributed by atoms with E-state index in [2.05, 4.69) is 0 Å². The summed E-state index contributed by atoms with van der Waals surface area (Å²) in [6.07, 6.45) is -2.52. The highest BCUT2D eigenvalue weighted by Gasteiger charge is 2.15. The molecule has 0 bridgehead atoms. The standard InChI is InChI=1S/C21H17F2NO2/c1-12-7-10-17(25-11-19(22)23)15-8-9-16(24-20(12)15)21-13(2)14-5-3-4-6-18(14)26-21/h3-10,19H,11H2,1-2H3. The molecule has 26 heavy (non-hydrogen) atoms. The van der Waals surface area contributed by atoms with Crippen molar-refractivity contribution in [3.63, 3.8) is 0 Å². The molecule has 4 aromatic rings. The minimum Gasteiger partial charge on any atom is -0.487 e. The monoisotopic (exact) mass is 353 g/mol. The second-order valence-electron chi connectivity index (χ2n) is 6.23. The molecule has 132 valence electrons. The van der Waals surface area contributed by atoms with Gasteiger partial charge in [-0.3, -0.25) is 0 Å². The first kappa shape index (κ1) is 16.5. The van der Waals surface area contributed by atoms with Crippen molar-refractivity contribution in [2.45, 2.75) is 20.3 Å². The number of hydrogen-bond donors (Lipinski definition) is 0. The summed E-state index contributed by atoms with van der Waals surface area (Å²) in [6, 6.07) is 15.0. The predicted molar refractivity (Wildman–Crippen MR) is 97.9 cm³/mol. The van der Waals surface area contributed by atoms with Crippen LogP contribution in [-0.4, -0.2) is 18.0 Å². The molecule has 2 aromatic heterocycles. The molecule has 2 aromatic carbocycles. The molecule has 4 rings (SSSR count). The first-order valence-electron chi connectivity index (χ1n) is 8.34. The van der Waals surface area contributed by atoms with Crippen LogP contribution >= 0.6 is 0 Å². The maximum Gasteiger partial charge on any atom is 0.272 e. The minimum atomic E-state index is -2.52. The summed E-state index contributed by atoms with van der Waals surface area (Å²) in [4.78, 5) is 4.73. The Labute approximate surface area is 149 Å². The average molecular weight is 353 g/mol. The maximum atomic E-state index is 12.5. The maximum absolute atomic E-state index is 12.5. The highest BCUT2D eigenvalue weighted by atomic mass is 19.3. The summed E-state index contributed by atoms with van der Waals surface area (Å²) in [6.45, 7) is 3.30. The molecule has 3 nitrogen and oxygen atoms in total. The summed E-state index contributed by atoms with van der Waals surface area (Å²) >= 11 is 0. The number of pyridine rings is 1. The molecule has 0 aliphatic carbocycles. The van der Waals surface area contributed by atoms with Gasteiger partial charge in [-0.15, -0.1) is 0 Å². The number of para-hydroxylation sites is 1. The van der Waals surface area contributed by atoms with E-state index in [9.17, 15) is 8.78 Å². The van der Waals surface area contributed by atoms with Gasteiger partial charge in [0.25, 0.3) is 6.43 Å². The Morgan fingerprint density at radius 3 is 2.58 bits per heavy atom. The summed E-state index contributed by atoms with van der Waals surface area (Å²) in [5.74, 6) is 1.12. The lowest BCUT2D eigenvalue weighted by Crippen LogP contribution is -2.07. The molecular formula is C21H17F2NO2. The quantitative estimate of drug-likeness (QED) is 0.457. The number of aromatic nitrogens is 1. The minimum absolute atomic E-state index is 0.409. The highest BCUT2D eigenvalue weighted by Crippen LogP contribution is 2.35. The number of nitrogens with zero attached hydrogens (tertiary/aromatic N) is 1. The fourth-order valence-corrected chi connectivity index (χ4v) is 3.15. The number of alkyl halides is 2. The third-order valence-corrected chi connectivity index (χ3v) is 4.46. The third-order valence-electron chi connectivity index (χ3n) is 4.46. The zero-order valence-corrected chi connectivity index (χ0v) is 14.4. The molecule has 0 spiro atoms. The number of ether oxygens (including phenoxy) is 1. The van der Waals surface area contributed by atoms with Gasteiger partial charge in [-0.05, 0) is 43.7 Å². The lowest BCUT2D eigenvalue weighted by molar-refractivity contribution is 0.0826. The van der Waals surface area contributed by atoms with Gasteiger partial charge in [0.2, 0.25) is 0 Å². The van der Waals surface area contributed by atoms with E-state index in [0.29, 0.717) is 28.1 Å². The topological polar surface area (TPSA) is 35.3 Å². The molecule has 0 unspecified atom stereocenters. The van der Waals surface area contributed by atoms with Crippen molar-refractivity contribution >= 4 is 21.9 Å². The molecule has 2 heterocycles. The van der Waals surface area contributed by atoms with Crippen molar-refractivity contribution in [1.82, 2.24) is 4.98 Å². The Morgan fingerprint density at radius 2 is 1.81 bits per heavy atom. The van der Waals surface area contributed by atoms with E-state index >= 15 is 0 Å². The zero-order chi connectivity index (χ0) is 18.3. The third kappa shape index (κ3) is 2.79. The molecule has 0 amide bonds.